The van der Waals surface area contributed by atoms with Crippen LogP contribution in [-0.4, -0.2) is 24.0 Å². The Hall–Kier alpha value is -2.87. The number of pyridine rings is 1. The van der Waals surface area contributed by atoms with Crippen LogP contribution < -0.4 is 10.1 Å². The lowest BCUT2D eigenvalue weighted by atomic mass is 10.2. The van der Waals surface area contributed by atoms with Crippen LogP contribution in [0.25, 0.3) is 0 Å². The summed E-state index contributed by atoms with van der Waals surface area (Å²) in [5.74, 6) is 0.395. The van der Waals surface area contributed by atoms with Gasteiger partial charge in [-0.2, -0.15) is 5.26 Å². The van der Waals surface area contributed by atoms with Crippen LogP contribution in [0.5, 0.6) is 5.75 Å². The van der Waals surface area contributed by atoms with E-state index in [1.165, 1.54) is 0 Å². The zero-order valence-electron chi connectivity index (χ0n) is 11.5. The van der Waals surface area contributed by atoms with Crippen molar-refractivity contribution in [3.8, 4) is 11.8 Å². The molecule has 0 saturated heterocycles. The topological polar surface area (TPSA) is 75.0 Å². The summed E-state index contributed by atoms with van der Waals surface area (Å²) in [5, 5.41) is 11.5. The highest BCUT2D eigenvalue weighted by Crippen LogP contribution is 2.11. The number of hydrogen-bond acceptors (Lipinski definition) is 4. The van der Waals surface area contributed by atoms with Gasteiger partial charge in [0.25, 0.3) is 5.91 Å². The van der Waals surface area contributed by atoms with Gasteiger partial charge in [0, 0.05) is 18.9 Å². The number of carbonyl (C=O) groups excluding carboxylic acids is 1. The highest BCUT2D eigenvalue weighted by Gasteiger charge is 2.02. The third-order valence-corrected chi connectivity index (χ3v) is 2.84. The number of rotatable bonds is 6. The average molecular weight is 281 g/mol. The summed E-state index contributed by atoms with van der Waals surface area (Å²) in [6, 6.07) is 12.5. The monoisotopic (exact) mass is 281 g/mol. The van der Waals surface area contributed by atoms with Crippen molar-refractivity contribution < 1.29 is 9.53 Å². The van der Waals surface area contributed by atoms with Gasteiger partial charge in [-0.25, -0.2) is 0 Å². The first kappa shape index (κ1) is 14.5. The number of nitrogens with zero attached hydrogens (tertiary/aromatic N) is 2. The van der Waals surface area contributed by atoms with Crippen molar-refractivity contribution in [2.24, 2.45) is 0 Å². The Labute approximate surface area is 123 Å². The maximum absolute atomic E-state index is 11.6. The van der Waals surface area contributed by atoms with E-state index >= 15 is 0 Å². The Morgan fingerprint density at radius 1 is 1.19 bits per heavy atom. The second kappa shape index (κ2) is 7.65. The van der Waals surface area contributed by atoms with Crippen molar-refractivity contribution in [3.05, 3.63) is 59.9 Å². The van der Waals surface area contributed by atoms with Crippen LogP contribution in [0.2, 0.25) is 0 Å². The summed E-state index contributed by atoms with van der Waals surface area (Å²) in [5.41, 5.74) is 1.68. The van der Waals surface area contributed by atoms with Gasteiger partial charge in [-0.3, -0.25) is 9.78 Å². The summed E-state index contributed by atoms with van der Waals surface area (Å²) in [6.07, 6.45) is 4.21. The van der Waals surface area contributed by atoms with Crippen LogP contribution in [-0.2, 0) is 11.2 Å². The molecular formula is C16H15N3O2. The van der Waals surface area contributed by atoms with E-state index in [0.717, 1.165) is 12.0 Å². The molecule has 0 radical (unpaired) electrons. The van der Waals surface area contributed by atoms with Gasteiger partial charge in [-0.1, -0.05) is 0 Å². The highest BCUT2D eigenvalue weighted by atomic mass is 16.5. The molecule has 0 aliphatic carbocycles. The predicted molar refractivity (Wildman–Crippen MR) is 77.6 cm³/mol. The van der Waals surface area contributed by atoms with Crippen molar-refractivity contribution >= 4 is 5.91 Å². The molecule has 5 nitrogen and oxygen atoms in total. The molecule has 1 amide bonds. The SMILES string of the molecule is N#Cc1ccc(OCC(=O)NCCc2ccncc2)cc1. The number of benzene rings is 1. The Kier molecular flexibility index (Phi) is 5.30. The second-order valence-electron chi connectivity index (χ2n) is 4.38. The summed E-state index contributed by atoms with van der Waals surface area (Å²) >= 11 is 0. The zero-order chi connectivity index (χ0) is 14.9. The molecule has 0 bridgehead atoms. The maximum Gasteiger partial charge on any atom is 0.257 e. The molecule has 21 heavy (non-hydrogen) atoms. The fourth-order valence-electron chi connectivity index (χ4n) is 1.72. The number of carbonyl (C=O) groups is 1. The van der Waals surface area contributed by atoms with E-state index < -0.39 is 0 Å². The van der Waals surface area contributed by atoms with Crippen molar-refractivity contribution in [1.82, 2.24) is 10.3 Å². The van der Waals surface area contributed by atoms with Gasteiger partial charge in [0.1, 0.15) is 5.75 Å². The molecule has 1 aromatic carbocycles. The number of nitriles is 1. The van der Waals surface area contributed by atoms with Crippen LogP contribution in [0.4, 0.5) is 0 Å². The number of hydrogen-bond donors (Lipinski definition) is 1. The molecule has 1 N–H and O–H groups in total. The first-order chi connectivity index (χ1) is 10.3. The van der Waals surface area contributed by atoms with Gasteiger partial charge < -0.3 is 10.1 Å². The molecule has 0 aliphatic rings. The van der Waals surface area contributed by atoms with Crippen molar-refractivity contribution in [2.45, 2.75) is 6.42 Å². The summed E-state index contributed by atoms with van der Waals surface area (Å²) in [6.45, 7) is 0.516. The standard InChI is InChI=1S/C16H15N3O2/c17-11-14-1-3-15(4-2-14)21-12-16(20)19-10-7-13-5-8-18-9-6-13/h1-6,8-9H,7,10,12H2,(H,19,20). The zero-order valence-corrected chi connectivity index (χ0v) is 11.5. The van der Waals surface area contributed by atoms with E-state index in [1.54, 1.807) is 36.7 Å². The number of ether oxygens (including phenoxy) is 1. The lowest BCUT2D eigenvalue weighted by Gasteiger charge is -2.07. The lowest BCUT2D eigenvalue weighted by Crippen LogP contribution is -2.30. The molecule has 5 heteroatoms. The molecule has 2 rings (SSSR count). The third kappa shape index (κ3) is 4.96. The second-order valence-corrected chi connectivity index (χ2v) is 4.38. The number of aromatic nitrogens is 1. The predicted octanol–water partition coefficient (Wildman–Crippen LogP) is 1.69. The highest BCUT2D eigenvalue weighted by molar-refractivity contribution is 5.77. The fourth-order valence-corrected chi connectivity index (χ4v) is 1.72. The van der Waals surface area contributed by atoms with Gasteiger partial charge in [0.2, 0.25) is 0 Å². The van der Waals surface area contributed by atoms with Crippen LogP contribution in [0.1, 0.15) is 11.1 Å². The summed E-state index contributed by atoms with van der Waals surface area (Å²) in [7, 11) is 0. The molecule has 1 heterocycles. The van der Waals surface area contributed by atoms with E-state index in [9.17, 15) is 4.79 Å². The molecule has 0 saturated carbocycles. The minimum absolute atomic E-state index is 0.0394. The molecule has 0 aliphatic heterocycles. The van der Waals surface area contributed by atoms with Crippen molar-refractivity contribution in [1.29, 1.82) is 5.26 Å². The first-order valence-corrected chi connectivity index (χ1v) is 6.56. The van der Waals surface area contributed by atoms with E-state index in [2.05, 4.69) is 10.3 Å². The van der Waals surface area contributed by atoms with Gasteiger partial charge in [0.05, 0.1) is 11.6 Å². The molecular weight excluding hydrogens is 266 g/mol. The number of amides is 1. The Morgan fingerprint density at radius 2 is 1.90 bits per heavy atom. The number of nitrogens with one attached hydrogen (secondary N) is 1. The van der Waals surface area contributed by atoms with Crippen molar-refractivity contribution in [3.63, 3.8) is 0 Å². The van der Waals surface area contributed by atoms with Gasteiger partial charge in [-0.05, 0) is 48.4 Å². The molecule has 1 aromatic heterocycles. The molecule has 2 aromatic rings. The van der Waals surface area contributed by atoms with E-state index in [0.29, 0.717) is 17.9 Å². The Balaban J connectivity index is 1.68. The smallest absolute Gasteiger partial charge is 0.257 e. The van der Waals surface area contributed by atoms with Crippen molar-refractivity contribution in [2.75, 3.05) is 13.2 Å². The van der Waals surface area contributed by atoms with Crippen LogP contribution in [0.3, 0.4) is 0 Å². The molecule has 0 atom stereocenters. The van der Waals surface area contributed by atoms with Gasteiger partial charge in [0.15, 0.2) is 6.61 Å². The maximum atomic E-state index is 11.6. The normalized spacial score (nSPS) is 9.67. The molecule has 0 fully saturated rings. The molecule has 106 valence electrons. The van der Waals surface area contributed by atoms with E-state index in [1.807, 2.05) is 18.2 Å². The van der Waals surface area contributed by atoms with E-state index in [-0.39, 0.29) is 12.5 Å². The average Bonchev–Trinajstić information content (AvgIpc) is 2.54. The summed E-state index contributed by atoms with van der Waals surface area (Å²) < 4.78 is 5.34. The molecule has 0 spiro atoms. The lowest BCUT2D eigenvalue weighted by molar-refractivity contribution is -0.123. The third-order valence-electron chi connectivity index (χ3n) is 2.84. The minimum Gasteiger partial charge on any atom is -0.484 e. The van der Waals surface area contributed by atoms with Crippen LogP contribution in [0.15, 0.2) is 48.8 Å². The Bertz CT molecular complexity index is 618. The van der Waals surface area contributed by atoms with Crippen LogP contribution in [0, 0.1) is 11.3 Å². The fraction of sp³-hybridized carbons (Fsp3) is 0.188. The van der Waals surface area contributed by atoms with E-state index in [4.69, 9.17) is 10.00 Å². The first-order valence-electron chi connectivity index (χ1n) is 6.56. The summed E-state index contributed by atoms with van der Waals surface area (Å²) in [4.78, 5) is 15.6. The van der Waals surface area contributed by atoms with Crippen LogP contribution >= 0.6 is 0 Å². The molecule has 0 unspecified atom stereocenters. The minimum atomic E-state index is -0.173. The Morgan fingerprint density at radius 3 is 2.57 bits per heavy atom. The largest absolute Gasteiger partial charge is 0.484 e. The quantitative estimate of drug-likeness (QED) is 0.874. The van der Waals surface area contributed by atoms with Gasteiger partial charge >= 0.3 is 0 Å². The van der Waals surface area contributed by atoms with Gasteiger partial charge in [-0.15, -0.1) is 0 Å².